The van der Waals surface area contributed by atoms with Crippen molar-refractivity contribution in [2.45, 2.75) is 35.3 Å². The van der Waals surface area contributed by atoms with Crippen molar-refractivity contribution in [2.24, 2.45) is 0 Å². The molecular formula is C6H15O12P3. The van der Waals surface area contributed by atoms with Gasteiger partial charge in [-0.1, -0.05) is 0 Å². The summed E-state index contributed by atoms with van der Waals surface area (Å²) < 4.78 is 33.8. The Morgan fingerprint density at radius 3 is 1.00 bits per heavy atom. The van der Waals surface area contributed by atoms with E-state index in [0.717, 1.165) is 0 Å². The van der Waals surface area contributed by atoms with E-state index in [1.807, 2.05) is 0 Å². The SMILES string of the molecule is O=P(O)(O)[C@@H]1[C@@H](O)[C@H](P(=O)(O)O)[C@@H](P(=O)(O)O)[C@H](O)[C@@H]1O. The lowest BCUT2D eigenvalue weighted by molar-refractivity contribution is -0.0526. The monoisotopic (exact) mass is 372 g/mol. The molecule has 1 aliphatic carbocycles. The minimum Gasteiger partial charge on any atom is -0.391 e. The topological polar surface area (TPSA) is 233 Å². The lowest BCUT2D eigenvalue weighted by Gasteiger charge is -2.45. The predicted molar refractivity (Wildman–Crippen MR) is 65.5 cm³/mol. The summed E-state index contributed by atoms with van der Waals surface area (Å²) in [6.07, 6.45) is -7.67. The fraction of sp³-hybridized carbons (Fsp3) is 1.00. The second-order valence-electron chi connectivity index (χ2n) is 4.71. The Morgan fingerprint density at radius 2 is 0.714 bits per heavy atom. The summed E-state index contributed by atoms with van der Waals surface area (Å²) in [5, 5.41) is 28.9. The fourth-order valence-electron chi connectivity index (χ4n) is 2.41. The van der Waals surface area contributed by atoms with E-state index in [2.05, 4.69) is 0 Å². The number of hydrogen-bond acceptors (Lipinski definition) is 6. The maximum Gasteiger partial charge on any atom is 0.333 e. The van der Waals surface area contributed by atoms with Crippen LogP contribution in [0.15, 0.2) is 0 Å². The third-order valence-corrected chi connectivity index (χ3v) is 7.69. The molecule has 0 spiro atoms. The Labute approximate surface area is 117 Å². The molecule has 0 unspecified atom stereocenters. The molecule has 1 aliphatic rings. The van der Waals surface area contributed by atoms with Crippen LogP contribution in [0.5, 0.6) is 0 Å². The van der Waals surface area contributed by atoms with Crippen molar-refractivity contribution in [1.82, 2.24) is 0 Å². The maximum atomic E-state index is 11.3. The van der Waals surface area contributed by atoms with Gasteiger partial charge in [-0.25, -0.2) is 0 Å². The zero-order valence-corrected chi connectivity index (χ0v) is 12.7. The highest BCUT2D eigenvalue weighted by Gasteiger charge is 2.64. The summed E-state index contributed by atoms with van der Waals surface area (Å²) in [7, 11) is -16.2. The first-order valence-electron chi connectivity index (χ1n) is 5.30. The van der Waals surface area contributed by atoms with Gasteiger partial charge in [-0.3, -0.25) is 13.7 Å². The first-order valence-corrected chi connectivity index (χ1v) is 10.3. The van der Waals surface area contributed by atoms with Crippen LogP contribution in [0.3, 0.4) is 0 Å². The van der Waals surface area contributed by atoms with Crippen molar-refractivity contribution >= 4 is 22.8 Å². The number of hydrogen-bond donors (Lipinski definition) is 9. The number of aliphatic hydroxyl groups is 3. The molecule has 15 heteroatoms. The van der Waals surface area contributed by atoms with Crippen LogP contribution in [0.4, 0.5) is 0 Å². The van der Waals surface area contributed by atoms with Crippen LogP contribution in [0.2, 0.25) is 0 Å². The van der Waals surface area contributed by atoms with Gasteiger partial charge in [0.2, 0.25) is 0 Å². The van der Waals surface area contributed by atoms with E-state index in [9.17, 15) is 29.0 Å². The molecule has 0 heterocycles. The minimum absolute atomic E-state index is 2.48. The molecule has 0 amide bonds. The van der Waals surface area contributed by atoms with Gasteiger partial charge in [0, 0.05) is 0 Å². The largest absolute Gasteiger partial charge is 0.391 e. The molecule has 0 aromatic rings. The molecule has 126 valence electrons. The Kier molecular flexibility index (Phi) is 5.31. The summed E-state index contributed by atoms with van der Waals surface area (Å²) in [5.41, 5.74) is -7.71. The highest BCUT2D eigenvalue weighted by atomic mass is 31.2. The molecule has 0 aliphatic heterocycles. The zero-order chi connectivity index (χ0) is 17.0. The van der Waals surface area contributed by atoms with Crippen molar-refractivity contribution in [3.63, 3.8) is 0 Å². The molecule has 0 radical (unpaired) electrons. The van der Waals surface area contributed by atoms with E-state index in [0.29, 0.717) is 0 Å². The van der Waals surface area contributed by atoms with E-state index in [4.69, 9.17) is 29.4 Å². The fourth-order valence-corrected chi connectivity index (χ4v) is 7.05. The lowest BCUT2D eigenvalue weighted by Crippen LogP contribution is -2.62. The van der Waals surface area contributed by atoms with Gasteiger partial charge in [0.25, 0.3) is 0 Å². The predicted octanol–water partition coefficient (Wildman–Crippen LogP) is -3.28. The average molecular weight is 372 g/mol. The molecule has 1 rings (SSSR count). The van der Waals surface area contributed by atoms with Gasteiger partial charge < -0.3 is 44.7 Å². The summed E-state index contributed by atoms with van der Waals surface area (Å²) in [5.74, 6) is 0. The number of rotatable bonds is 3. The van der Waals surface area contributed by atoms with Gasteiger partial charge in [-0.15, -0.1) is 0 Å². The van der Waals surface area contributed by atoms with E-state index in [-0.39, 0.29) is 0 Å². The summed E-state index contributed by atoms with van der Waals surface area (Å²) in [4.78, 5) is 54.3. The quantitative estimate of drug-likeness (QED) is 0.222. The third-order valence-electron chi connectivity index (χ3n) is 3.26. The highest BCUT2D eigenvalue weighted by molar-refractivity contribution is 7.57. The Morgan fingerprint density at radius 1 is 0.476 bits per heavy atom. The molecule has 0 aromatic heterocycles. The van der Waals surface area contributed by atoms with E-state index >= 15 is 0 Å². The van der Waals surface area contributed by atoms with Crippen molar-refractivity contribution < 1.29 is 58.4 Å². The smallest absolute Gasteiger partial charge is 0.333 e. The molecule has 9 N–H and O–H groups in total. The molecule has 1 fully saturated rings. The third kappa shape index (κ3) is 3.81. The van der Waals surface area contributed by atoms with Crippen LogP contribution in [0, 0.1) is 0 Å². The summed E-state index contributed by atoms with van der Waals surface area (Å²) in [6.45, 7) is 0. The average Bonchev–Trinajstić information content (AvgIpc) is 2.17. The molecule has 12 nitrogen and oxygen atoms in total. The van der Waals surface area contributed by atoms with Crippen LogP contribution in [-0.2, 0) is 13.7 Å². The van der Waals surface area contributed by atoms with Gasteiger partial charge >= 0.3 is 22.8 Å². The van der Waals surface area contributed by atoms with Crippen molar-refractivity contribution in [1.29, 1.82) is 0 Å². The zero-order valence-electron chi connectivity index (χ0n) is 10.1. The highest BCUT2D eigenvalue weighted by Crippen LogP contribution is 2.62. The van der Waals surface area contributed by atoms with Crippen LogP contribution >= 0.6 is 22.8 Å². The van der Waals surface area contributed by atoms with Crippen molar-refractivity contribution in [2.75, 3.05) is 0 Å². The van der Waals surface area contributed by atoms with E-state index in [1.54, 1.807) is 0 Å². The van der Waals surface area contributed by atoms with Crippen LogP contribution in [0.25, 0.3) is 0 Å². The molecule has 1 saturated carbocycles. The minimum atomic E-state index is -5.48. The Hall–Kier alpha value is 0.330. The molecule has 21 heavy (non-hydrogen) atoms. The second kappa shape index (κ2) is 5.76. The number of aliphatic hydroxyl groups excluding tert-OH is 3. The van der Waals surface area contributed by atoms with E-state index < -0.39 is 58.1 Å². The van der Waals surface area contributed by atoms with Gasteiger partial charge in [0.1, 0.15) is 17.0 Å². The Bertz CT molecular complexity index is 529. The molecule has 0 bridgehead atoms. The van der Waals surface area contributed by atoms with Crippen molar-refractivity contribution in [3.8, 4) is 0 Å². The second-order valence-corrected chi connectivity index (χ2v) is 10.0. The van der Waals surface area contributed by atoms with Crippen LogP contribution in [-0.4, -0.2) is 80.0 Å². The standard InChI is InChI=1S/C6H15O12P3/c7-1-2(8)5(20(13,14)15)6(21(16,17)18)3(9)4(1)19(10,11)12/h1-9H,(H2,10,11,12)(H2,13,14,15)(H2,16,17,18)/t1-,2+,3+,4-,5-,6-/m0/s1. The maximum absolute atomic E-state index is 11.3. The lowest BCUT2D eigenvalue weighted by atomic mass is 9.90. The first-order chi connectivity index (χ1) is 9.10. The molecule has 0 aromatic carbocycles. The molecular weight excluding hydrogens is 357 g/mol. The normalized spacial score (nSPS) is 39.3. The van der Waals surface area contributed by atoms with Gasteiger partial charge in [-0.05, 0) is 0 Å². The molecule has 0 saturated heterocycles. The van der Waals surface area contributed by atoms with Gasteiger partial charge in [0.05, 0.1) is 18.3 Å². The van der Waals surface area contributed by atoms with Gasteiger partial charge in [0.15, 0.2) is 0 Å². The Balaban J connectivity index is 3.50. The van der Waals surface area contributed by atoms with Gasteiger partial charge in [-0.2, -0.15) is 0 Å². The van der Waals surface area contributed by atoms with Crippen LogP contribution in [0.1, 0.15) is 0 Å². The first kappa shape index (κ1) is 19.4. The summed E-state index contributed by atoms with van der Waals surface area (Å²) in [6, 6.07) is 0. The summed E-state index contributed by atoms with van der Waals surface area (Å²) >= 11 is 0. The van der Waals surface area contributed by atoms with Crippen molar-refractivity contribution in [3.05, 3.63) is 0 Å². The van der Waals surface area contributed by atoms with Crippen LogP contribution < -0.4 is 0 Å². The van der Waals surface area contributed by atoms with E-state index in [1.165, 1.54) is 0 Å². The molecule has 6 atom stereocenters.